The molecule has 0 unspecified atom stereocenters. The molecule has 0 rings (SSSR count). The van der Waals surface area contributed by atoms with Crippen LogP contribution in [0.1, 0.15) is 62.3 Å². The Kier molecular flexibility index (Phi) is 3.22. The van der Waals surface area contributed by atoms with Gasteiger partial charge >= 0.3 is 0 Å². The van der Waals surface area contributed by atoms with Crippen LogP contribution in [0.4, 0.5) is 0 Å². The van der Waals surface area contributed by atoms with E-state index in [0.29, 0.717) is 0 Å². The molecule has 0 aliphatic heterocycles. The highest BCUT2D eigenvalue weighted by molar-refractivity contribution is 5.06. The Hall–Kier alpha value is -0.0400. The Morgan fingerprint density at radius 1 is 0.500 bits per heavy atom. The lowest BCUT2D eigenvalue weighted by Crippen LogP contribution is -2.61. The van der Waals surface area contributed by atoms with Gasteiger partial charge in [-0.25, -0.2) is 0 Å². The van der Waals surface area contributed by atoms with Crippen molar-refractivity contribution in [2.24, 2.45) is 16.2 Å². The Labute approximate surface area is 89.9 Å². The van der Waals surface area contributed by atoms with Gasteiger partial charge in [-0.3, -0.25) is 0 Å². The summed E-state index contributed by atoms with van der Waals surface area (Å²) in [6.45, 7) is 19.0. The van der Waals surface area contributed by atoms with Gasteiger partial charge in [0.25, 0.3) is 0 Å². The Morgan fingerprint density at radius 3 is 0.643 bits per heavy atom. The molecule has 0 atom stereocenters. The fraction of sp³-hybridized carbons (Fsp3) is 1.00. The van der Waals surface area contributed by atoms with E-state index in [1.807, 2.05) is 0 Å². The smallest absolute Gasteiger partial charge is 0.0791 e. The van der Waals surface area contributed by atoms with Crippen LogP contribution in [0.15, 0.2) is 0 Å². The van der Waals surface area contributed by atoms with Gasteiger partial charge in [0, 0.05) is 0 Å². The minimum atomic E-state index is -0.687. The fourth-order valence-corrected chi connectivity index (χ4v) is 3.38. The molecule has 0 aromatic rings. The number of aliphatic hydroxyl groups is 1. The van der Waals surface area contributed by atoms with Gasteiger partial charge in [-0.05, 0) is 16.2 Å². The Bertz CT molecular complexity index is 159. The predicted molar refractivity (Wildman–Crippen MR) is 63.3 cm³/mol. The molecular weight excluding hydrogens is 172 g/mol. The van der Waals surface area contributed by atoms with Crippen molar-refractivity contribution < 1.29 is 5.11 Å². The predicted octanol–water partition coefficient (Wildman–Crippen LogP) is 3.86. The monoisotopic (exact) mass is 200 g/mol. The molecule has 1 nitrogen and oxygen atoms in total. The van der Waals surface area contributed by atoms with Gasteiger partial charge < -0.3 is 5.11 Å². The highest BCUT2D eigenvalue weighted by Crippen LogP contribution is 2.53. The van der Waals surface area contributed by atoms with Gasteiger partial charge in [-0.2, -0.15) is 0 Å². The summed E-state index contributed by atoms with van der Waals surface area (Å²) >= 11 is 0. The summed E-state index contributed by atoms with van der Waals surface area (Å²) in [4.78, 5) is 0. The molecule has 0 fully saturated rings. The maximum Gasteiger partial charge on any atom is 0.0791 e. The van der Waals surface area contributed by atoms with Gasteiger partial charge in [0.2, 0.25) is 0 Å². The maximum atomic E-state index is 11.0. The van der Waals surface area contributed by atoms with E-state index in [2.05, 4.69) is 62.3 Å². The van der Waals surface area contributed by atoms with E-state index >= 15 is 0 Å². The molecule has 1 N–H and O–H groups in total. The van der Waals surface area contributed by atoms with Crippen molar-refractivity contribution in [3.8, 4) is 0 Å². The highest BCUT2D eigenvalue weighted by Gasteiger charge is 2.56. The van der Waals surface area contributed by atoms with E-state index in [9.17, 15) is 5.11 Å². The van der Waals surface area contributed by atoms with Crippen molar-refractivity contribution in [1.82, 2.24) is 0 Å². The Balaban J connectivity index is 5.54. The lowest BCUT2D eigenvalue weighted by Gasteiger charge is -2.57. The molecule has 0 aromatic heterocycles. The number of rotatable bonds is 0. The van der Waals surface area contributed by atoms with Crippen molar-refractivity contribution >= 4 is 0 Å². The average molecular weight is 200 g/mol. The second-order valence-electron chi connectivity index (χ2n) is 7.46. The van der Waals surface area contributed by atoms with Crippen LogP contribution in [0.25, 0.3) is 0 Å². The maximum absolute atomic E-state index is 11.0. The molecule has 0 bridgehead atoms. The molecule has 0 aliphatic carbocycles. The summed E-state index contributed by atoms with van der Waals surface area (Å²) in [5.74, 6) is 0. The summed E-state index contributed by atoms with van der Waals surface area (Å²) in [6.07, 6.45) is 0. The quantitative estimate of drug-likeness (QED) is 0.629. The SMILES string of the molecule is CC(C)(C)C(O)(C(C)(C)C)C(C)(C)C. The fourth-order valence-electron chi connectivity index (χ4n) is 3.38. The molecule has 0 radical (unpaired) electrons. The van der Waals surface area contributed by atoms with Crippen LogP contribution in [0.5, 0.6) is 0 Å². The molecule has 0 aliphatic rings. The van der Waals surface area contributed by atoms with Gasteiger partial charge in [-0.15, -0.1) is 0 Å². The first-order chi connectivity index (χ1) is 5.75. The van der Waals surface area contributed by atoms with E-state index in [4.69, 9.17) is 0 Å². The molecule has 14 heavy (non-hydrogen) atoms. The lowest BCUT2D eigenvalue weighted by atomic mass is 9.52. The highest BCUT2D eigenvalue weighted by atomic mass is 16.3. The van der Waals surface area contributed by atoms with Crippen molar-refractivity contribution in [3.05, 3.63) is 0 Å². The van der Waals surface area contributed by atoms with Crippen LogP contribution in [0.3, 0.4) is 0 Å². The first-order valence-electron chi connectivity index (χ1n) is 5.47. The minimum Gasteiger partial charge on any atom is -0.388 e. The third kappa shape index (κ3) is 1.98. The van der Waals surface area contributed by atoms with Crippen LogP contribution in [-0.2, 0) is 0 Å². The Morgan fingerprint density at radius 2 is 0.643 bits per heavy atom. The number of hydrogen-bond donors (Lipinski definition) is 1. The van der Waals surface area contributed by atoms with Gasteiger partial charge in [-0.1, -0.05) is 62.3 Å². The largest absolute Gasteiger partial charge is 0.388 e. The van der Waals surface area contributed by atoms with Crippen molar-refractivity contribution in [3.63, 3.8) is 0 Å². The molecule has 0 saturated carbocycles. The van der Waals surface area contributed by atoms with Crippen molar-refractivity contribution in [1.29, 1.82) is 0 Å². The molecule has 0 spiro atoms. The van der Waals surface area contributed by atoms with Gasteiger partial charge in [0.05, 0.1) is 5.60 Å². The topological polar surface area (TPSA) is 20.2 Å². The zero-order valence-electron chi connectivity index (χ0n) is 11.4. The van der Waals surface area contributed by atoms with Crippen molar-refractivity contribution in [2.75, 3.05) is 0 Å². The molecule has 1 heteroatoms. The third-order valence-electron chi connectivity index (χ3n) is 3.26. The summed E-state index contributed by atoms with van der Waals surface area (Å²) in [6, 6.07) is 0. The molecule has 0 aromatic carbocycles. The van der Waals surface area contributed by atoms with Crippen molar-refractivity contribution in [2.45, 2.75) is 67.9 Å². The van der Waals surface area contributed by atoms with Crippen LogP contribution < -0.4 is 0 Å². The summed E-state index contributed by atoms with van der Waals surface area (Å²) in [5, 5.41) is 11.0. The first-order valence-corrected chi connectivity index (χ1v) is 5.47. The lowest BCUT2D eigenvalue weighted by molar-refractivity contribution is -0.203. The van der Waals surface area contributed by atoms with Crippen LogP contribution >= 0.6 is 0 Å². The molecule has 0 amide bonds. The third-order valence-corrected chi connectivity index (χ3v) is 3.26. The van der Waals surface area contributed by atoms with Crippen LogP contribution in [-0.4, -0.2) is 10.7 Å². The first kappa shape index (κ1) is 14.0. The zero-order chi connectivity index (χ0) is 12.0. The molecule has 86 valence electrons. The molecular formula is C13H28O. The van der Waals surface area contributed by atoms with E-state index in [-0.39, 0.29) is 16.2 Å². The zero-order valence-corrected chi connectivity index (χ0v) is 11.4. The molecule has 0 saturated heterocycles. The van der Waals surface area contributed by atoms with Gasteiger partial charge in [0.15, 0.2) is 0 Å². The van der Waals surface area contributed by atoms with E-state index in [1.54, 1.807) is 0 Å². The van der Waals surface area contributed by atoms with Crippen LogP contribution in [0.2, 0.25) is 0 Å². The van der Waals surface area contributed by atoms with Gasteiger partial charge in [0.1, 0.15) is 0 Å². The second kappa shape index (κ2) is 3.23. The summed E-state index contributed by atoms with van der Waals surface area (Å²) in [7, 11) is 0. The minimum absolute atomic E-state index is 0.122. The summed E-state index contributed by atoms with van der Waals surface area (Å²) < 4.78 is 0. The van der Waals surface area contributed by atoms with E-state index in [1.165, 1.54) is 0 Å². The van der Waals surface area contributed by atoms with E-state index in [0.717, 1.165) is 0 Å². The average Bonchev–Trinajstić information content (AvgIpc) is 1.77. The second-order valence-corrected chi connectivity index (χ2v) is 7.46. The van der Waals surface area contributed by atoms with E-state index < -0.39 is 5.60 Å². The standard InChI is InChI=1S/C13H28O/c1-10(2,3)13(14,11(4,5)6)12(7,8)9/h14H,1-9H3. The normalized spacial score (nSPS) is 15.9. The van der Waals surface area contributed by atoms with Crippen LogP contribution in [0, 0.1) is 16.2 Å². The molecule has 0 heterocycles. The number of hydrogen-bond acceptors (Lipinski definition) is 1. The summed E-state index contributed by atoms with van der Waals surface area (Å²) in [5.41, 5.74) is -1.05.